The summed E-state index contributed by atoms with van der Waals surface area (Å²) in [6.45, 7) is 0.354. The second kappa shape index (κ2) is 7.76. The van der Waals surface area contributed by atoms with E-state index >= 15 is 0 Å². The van der Waals surface area contributed by atoms with Crippen LogP contribution in [0.4, 0.5) is 0 Å². The van der Waals surface area contributed by atoms with Gasteiger partial charge in [0, 0.05) is 10.9 Å². The van der Waals surface area contributed by atoms with Crippen LogP contribution in [0.1, 0.15) is 15.9 Å². The number of carbonyl (C=O) groups is 1. The van der Waals surface area contributed by atoms with Crippen LogP contribution < -0.4 is 9.47 Å². The Labute approximate surface area is 178 Å². The molecule has 148 valence electrons. The lowest BCUT2D eigenvalue weighted by Crippen LogP contribution is -2.04. The summed E-state index contributed by atoms with van der Waals surface area (Å²) in [6.07, 6.45) is 0. The number of fused-ring (bicyclic) bond motifs is 2. The molecule has 0 aromatic heterocycles. The SMILES string of the molecule is O=C(O)c1cc(OCc2ccccc2)c2cc3c(cc2c1-c1ccccc1)SCO3. The van der Waals surface area contributed by atoms with Crippen LogP contribution in [0, 0.1) is 0 Å². The van der Waals surface area contributed by atoms with Crippen molar-refractivity contribution in [3.05, 3.63) is 90.0 Å². The molecule has 1 heterocycles. The van der Waals surface area contributed by atoms with Crippen molar-refractivity contribution < 1.29 is 19.4 Å². The molecular formula is C25H18O4S. The Bertz CT molecular complexity index is 1240. The highest BCUT2D eigenvalue weighted by atomic mass is 32.2. The van der Waals surface area contributed by atoms with Gasteiger partial charge in [-0.1, -0.05) is 72.4 Å². The first-order valence-electron chi connectivity index (χ1n) is 9.56. The van der Waals surface area contributed by atoms with Gasteiger partial charge in [-0.3, -0.25) is 0 Å². The number of carboxylic acids is 1. The van der Waals surface area contributed by atoms with Crippen molar-refractivity contribution in [3.8, 4) is 22.6 Å². The Morgan fingerprint density at radius 1 is 0.967 bits per heavy atom. The molecule has 0 saturated carbocycles. The highest BCUT2D eigenvalue weighted by Crippen LogP contribution is 2.45. The van der Waals surface area contributed by atoms with Gasteiger partial charge in [0.05, 0.1) is 10.5 Å². The standard InChI is InChI=1S/C25H18O4S/c26-25(27)20-12-21(28-14-16-7-3-1-4-8-16)18-11-22-23(30-15-29-22)13-19(18)24(20)17-9-5-2-6-10-17/h1-13H,14-15H2,(H,26,27). The van der Waals surface area contributed by atoms with E-state index in [1.807, 2.05) is 72.8 Å². The second-order valence-electron chi connectivity index (χ2n) is 6.99. The molecule has 0 radical (unpaired) electrons. The molecule has 0 unspecified atom stereocenters. The Kier molecular flexibility index (Phi) is 4.81. The molecule has 4 aromatic carbocycles. The van der Waals surface area contributed by atoms with Crippen molar-refractivity contribution in [3.63, 3.8) is 0 Å². The number of benzene rings is 4. The minimum absolute atomic E-state index is 0.223. The van der Waals surface area contributed by atoms with Gasteiger partial charge in [0.1, 0.15) is 24.0 Å². The zero-order chi connectivity index (χ0) is 20.5. The normalized spacial score (nSPS) is 12.4. The molecule has 1 aliphatic rings. The van der Waals surface area contributed by atoms with E-state index in [0.717, 1.165) is 32.5 Å². The Morgan fingerprint density at radius 2 is 1.70 bits per heavy atom. The topological polar surface area (TPSA) is 55.8 Å². The van der Waals surface area contributed by atoms with E-state index in [4.69, 9.17) is 9.47 Å². The molecular weight excluding hydrogens is 396 g/mol. The summed E-state index contributed by atoms with van der Waals surface area (Å²) in [5.41, 5.74) is 2.79. The lowest BCUT2D eigenvalue weighted by Gasteiger charge is -2.17. The average molecular weight is 414 g/mol. The molecule has 1 N–H and O–H groups in total. The lowest BCUT2D eigenvalue weighted by atomic mass is 9.92. The first-order valence-corrected chi connectivity index (χ1v) is 10.5. The van der Waals surface area contributed by atoms with Crippen LogP contribution >= 0.6 is 11.8 Å². The van der Waals surface area contributed by atoms with Crippen molar-refractivity contribution in [2.45, 2.75) is 11.5 Å². The molecule has 0 amide bonds. The van der Waals surface area contributed by atoms with E-state index < -0.39 is 5.97 Å². The highest BCUT2D eigenvalue weighted by molar-refractivity contribution is 7.99. The van der Waals surface area contributed by atoms with E-state index in [2.05, 4.69) is 0 Å². The van der Waals surface area contributed by atoms with Gasteiger partial charge in [0.2, 0.25) is 0 Å². The number of hydrogen-bond acceptors (Lipinski definition) is 4. The van der Waals surface area contributed by atoms with E-state index in [0.29, 0.717) is 23.9 Å². The quantitative estimate of drug-likeness (QED) is 0.420. The number of ether oxygens (including phenoxy) is 2. The van der Waals surface area contributed by atoms with Gasteiger partial charge in [-0.05, 0) is 34.7 Å². The number of aromatic carboxylic acids is 1. The third-order valence-corrected chi connectivity index (χ3v) is 5.99. The van der Waals surface area contributed by atoms with E-state index in [1.165, 1.54) is 0 Å². The predicted octanol–water partition coefficient (Wildman–Crippen LogP) is 6.23. The van der Waals surface area contributed by atoms with Gasteiger partial charge in [-0.25, -0.2) is 4.79 Å². The zero-order valence-electron chi connectivity index (χ0n) is 16.0. The van der Waals surface area contributed by atoms with Crippen LogP contribution in [0.25, 0.3) is 21.9 Å². The Balaban J connectivity index is 1.73. The van der Waals surface area contributed by atoms with Gasteiger partial charge in [0.25, 0.3) is 0 Å². The monoisotopic (exact) mass is 414 g/mol. The van der Waals surface area contributed by atoms with Crippen LogP contribution in [0.3, 0.4) is 0 Å². The largest absolute Gasteiger partial charge is 0.488 e. The lowest BCUT2D eigenvalue weighted by molar-refractivity contribution is 0.0697. The average Bonchev–Trinajstić information content (AvgIpc) is 3.24. The molecule has 30 heavy (non-hydrogen) atoms. The predicted molar refractivity (Wildman–Crippen MR) is 118 cm³/mol. The molecule has 1 aliphatic heterocycles. The smallest absolute Gasteiger partial charge is 0.336 e. The molecule has 0 spiro atoms. The third-order valence-electron chi connectivity index (χ3n) is 5.12. The molecule has 5 rings (SSSR count). The van der Waals surface area contributed by atoms with Gasteiger partial charge < -0.3 is 14.6 Å². The van der Waals surface area contributed by atoms with Crippen LogP contribution in [-0.2, 0) is 6.61 Å². The number of rotatable bonds is 5. The van der Waals surface area contributed by atoms with Crippen LogP contribution in [0.2, 0.25) is 0 Å². The summed E-state index contributed by atoms with van der Waals surface area (Å²) in [7, 11) is 0. The molecule has 0 atom stereocenters. The second-order valence-corrected chi connectivity index (χ2v) is 7.96. The fourth-order valence-electron chi connectivity index (χ4n) is 3.72. The van der Waals surface area contributed by atoms with Gasteiger partial charge in [-0.15, -0.1) is 0 Å². The van der Waals surface area contributed by atoms with Gasteiger partial charge in [-0.2, -0.15) is 0 Å². The number of hydrogen-bond donors (Lipinski definition) is 1. The molecule has 5 heteroatoms. The molecule has 4 nitrogen and oxygen atoms in total. The van der Waals surface area contributed by atoms with Crippen molar-refractivity contribution in [2.24, 2.45) is 0 Å². The molecule has 0 saturated heterocycles. The number of thioether (sulfide) groups is 1. The molecule has 4 aromatic rings. The first-order chi connectivity index (χ1) is 14.7. The van der Waals surface area contributed by atoms with Crippen molar-refractivity contribution in [1.82, 2.24) is 0 Å². The maximum atomic E-state index is 12.2. The molecule has 0 bridgehead atoms. The van der Waals surface area contributed by atoms with Crippen LogP contribution in [0.5, 0.6) is 11.5 Å². The fourth-order valence-corrected chi connectivity index (χ4v) is 4.49. The summed E-state index contributed by atoms with van der Waals surface area (Å²) in [5, 5.41) is 11.7. The Hall–Kier alpha value is -3.44. The maximum Gasteiger partial charge on any atom is 0.336 e. The molecule has 0 aliphatic carbocycles. The first kappa shape index (κ1) is 18.6. The summed E-state index contributed by atoms with van der Waals surface area (Å²) < 4.78 is 11.9. The minimum atomic E-state index is -0.982. The summed E-state index contributed by atoms with van der Waals surface area (Å²) in [6, 6.07) is 25.1. The fraction of sp³-hybridized carbons (Fsp3) is 0.0800. The summed E-state index contributed by atoms with van der Waals surface area (Å²) >= 11 is 1.61. The van der Waals surface area contributed by atoms with Crippen molar-refractivity contribution in [2.75, 3.05) is 5.94 Å². The van der Waals surface area contributed by atoms with Gasteiger partial charge in [0.15, 0.2) is 0 Å². The Morgan fingerprint density at radius 3 is 2.43 bits per heavy atom. The van der Waals surface area contributed by atoms with Crippen LogP contribution in [-0.4, -0.2) is 17.0 Å². The van der Waals surface area contributed by atoms with E-state index in [-0.39, 0.29) is 5.56 Å². The summed E-state index contributed by atoms with van der Waals surface area (Å²) in [5.74, 6) is 0.913. The van der Waals surface area contributed by atoms with Crippen molar-refractivity contribution >= 4 is 28.5 Å². The molecule has 0 fully saturated rings. The van der Waals surface area contributed by atoms with Crippen molar-refractivity contribution in [1.29, 1.82) is 0 Å². The highest BCUT2D eigenvalue weighted by Gasteiger charge is 2.23. The minimum Gasteiger partial charge on any atom is -0.488 e. The van der Waals surface area contributed by atoms with E-state index in [1.54, 1.807) is 17.8 Å². The summed E-state index contributed by atoms with van der Waals surface area (Å²) in [4.78, 5) is 13.2. The maximum absolute atomic E-state index is 12.2. The zero-order valence-corrected chi connectivity index (χ0v) is 16.8. The van der Waals surface area contributed by atoms with Crippen LogP contribution in [0.15, 0.2) is 83.8 Å². The number of carboxylic acid groups (broad SMARTS) is 1. The van der Waals surface area contributed by atoms with E-state index in [9.17, 15) is 9.90 Å². The third kappa shape index (κ3) is 3.37. The van der Waals surface area contributed by atoms with Gasteiger partial charge >= 0.3 is 5.97 Å².